The number of nitrogens with one attached hydrogen (secondary N) is 2. The minimum atomic E-state index is -0.694. The highest BCUT2D eigenvalue weighted by atomic mass is 16.4. The van der Waals surface area contributed by atoms with E-state index >= 15 is 0 Å². The summed E-state index contributed by atoms with van der Waals surface area (Å²) in [7, 11) is 1.55. The Bertz CT molecular complexity index is 296. The number of carbonyl (C=O) groups excluding carboxylic acids is 1. The molecule has 17 heavy (non-hydrogen) atoms. The smallest absolute Gasteiger partial charge is 0.315 e. The molecule has 5 N–H and O–H groups in total. The van der Waals surface area contributed by atoms with E-state index in [0.29, 0.717) is 5.92 Å². The number of rotatable bonds is 3. The van der Waals surface area contributed by atoms with Gasteiger partial charge in [-0.15, -0.1) is 0 Å². The lowest BCUT2D eigenvalue weighted by atomic mass is 9.75. The van der Waals surface area contributed by atoms with Crippen LogP contribution in [0.4, 0.5) is 4.79 Å². The van der Waals surface area contributed by atoms with Gasteiger partial charge in [0.1, 0.15) is 5.54 Å². The molecule has 1 aliphatic carbocycles. The molecule has 0 heterocycles. The normalized spacial score (nSPS) is 29.8. The molecule has 6 heteroatoms. The van der Waals surface area contributed by atoms with Gasteiger partial charge >= 0.3 is 6.03 Å². The first kappa shape index (κ1) is 13.6. The van der Waals surface area contributed by atoms with Crippen LogP contribution >= 0.6 is 0 Å². The summed E-state index contributed by atoms with van der Waals surface area (Å²) < 4.78 is 0. The van der Waals surface area contributed by atoms with Gasteiger partial charge in [0.15, 0.2) is 5.84 Å². The average molecular weight is 242 g/mol. The Morgan fingerprint density at radius 2 is 2.12 bits per heavy atom. The average Bonchev–Trinajstić information content (AvgIpc) is 2.38. The molecule has 0 aliphatic heterocycles. The van der Waals surface area contributed by atoms with Crippen LogP contribution in [0.1, 0.15) is 39.0 Å². The first-order chi connectivity index (χ1) is 8.07. The number of amides is 2. The van der Waals surface area contributed by atoms with E-state index in [1.54, 1.807) is 7.05 Å². The summed E-state index contributed by atoms with van der Waals surface area (Å²) in [5.41, 5.74) is 5.04. The van der Waals surface area contributed by atoms with Gasteiger partial charge in [0.2, 0.25) is 0 Å². The van der Waals surface area contributed by atoms with Crippen molar-refractivity contribution in [1.29, 1.82) is 0 Å². The molecule has 98 valence electrons. The van der Waals surface area contributed by atoms with Gasteiger partial charge in [0, 0.05) is 7.05 Å². The zero-order valence-corrected chi connectivity index (χ0v) is 10.5. The van der Waals surface area contributed by atoms with Crippen LogP contribution in [0.5, 0.6) is 0 Å². The molecule has 6 nitrogen and oxygen atoms in total. The Morgan fingerprint density at radius 1 is 1.53 bits per heavy atom. The number of hydrogen-bond acceptors (Lipinski definition) is 3. The molecule has 1 fully saturated rings. The third kappa shape index (κ3) is 3.01. The first-order valence-corrected chi connectivity index (χ1v) is 6.06. The molecule has 2 amide bonds. The third-order valence-corrected chi connectivity index (χ3v) is 3.71. The van der Waals surface area contributed by atoms with Crippen molar-refractivity contribution in [2.24, 2.45) is 16.8 Å². The number of urea groups is 1. The molecule has 0 radical (unpaired) electrons. The molecule has 0 atom stereocenters. The van der Waals surface area contributed by atoms with Crippen LogP contribution in [0.15, 0.2) is 5.16 Å². The summed E-state index contributed by atoms with van der Waals surface area (Å²) in [6.07, 6.45) is 4.53. The maximum atomic E-state index is 11.4. The van der Waals surface area contributed by atoms with Gasteiger partial charge in [-0.2, -0.15) is 0 Å². The van der Waals surface area contributed by atoms with Crippen molar-refractivity contribution in [2.45, 2.75) is 44.6 Å². The van der Waals surface area contributed by atoms with Crippen LogP contribution in [-0.4, -0.2) is 29.7 Å². The molecular formula is C11H22N4O2. The summed E-state index contributed by atoms with van der Waals surface area (Å²) in [5.74, 6) is 0.761. The Hall–Kier alpha value is -1.46. The number of nitrogens with zero attached hydrogens (tertiary/aromatic N) is 1. The second kappa shape index (κ2) is 5.75. The largest absolute Gasteiger partial charge is 0.409 e. The van der Waals surface area contributed by atoms with Crippen molar-refractivity contribution >= 4 is 11.9 Å². The Labute approximate surface area is 102 Å². The van der Waals surface area contributed by atoms with Crippen LogP contribution in [0.25, 0.3) is 0 Å². The zero-order chi connectivity index (χ0) is 12.9. The van der Waals surface area contributed by atoms with E-state index in [1.807, 2.05) is 0 Å². The van der Waals surface area contributed by atoms with E-state index < -0.39 is 5.54 Å². The molecule has 0 saturated heterocycles. The lowest BCUT2D eigenvalue weighted by molar-refractivity contribution is 0.209. The van der Waals surface area contributed by atoms with Crippen LogP contribution in [-0.2, 0) is 0 Å². The fourth-order valence-corrected chi connectivity index (χ4v) is 2.40. The lowest BCUT2D eigenvalue weighted by Crippen LogP contribution is -2.60. The summed E-state index contributed by atoms with van der Waals surface area (Å²) in [6, 6.07) is -0.299. The first-order valence-electron chi connectivity index (χ1n) is 6.06. The number of oxime groups is 1. The van der Waals surface area contributed by atoms with E-state index in [4.69, 9.17) is 10.9 Å². The minimum absolute atomic E-state index is 0.0932. The van der Waals surface area contributed by atoms with Gasteiger partial charge in [-0.25, -0.2) is 4.79 Å². The van der Waals surface area contributed by atoms with Crippen molar-refractivity contribution in [2.75, 3.05) is 7.05 Å². The molecule has 0 aromatic carbocycles. The second-order valence-electron chi connectivity index (χ2n) is 4.62. The zero-order valence-electron chi connectivity index (χ0n) is 10.5. The number of hydrogen-bond donors (Lipinski definition) is 4. The van der Waals surface area contributed by atoms with Crippen molar-refractivity contribution < 1.29 is 10.0 Å². The van der Waals surface area contributed by atoms with E-state index in [0.717, 1.165) is 32.1 Å². The fraction of sp³-hybridized carbons (Fsp3) is 0.818. The Morgan fingerprint density at radius 3 is 2.53 bits per heavy atom. The Balaban J connectivity index is 2.78. The van der Waals surface area contributed by atoms with Gasteiger partial charge in [-0.3, -0.25) is 0 Å². The van der Waals surface area contributed by atoms with Crippen molar-refractivity contribution in [3.05, 3.63) is 0 Å². The maximum Gasteiger partial charge on any atom is 0.315 e. The number of amidine groups is 1. The minimum Gasteiger partial charge on any atom is -0.409 e. The number of nitrogens with two attached hydrogens (primary N) is 1. The number of carbonyl (C=O) groups is 1. The van der Waals surface area contributed by atoms with Crippen LogP contribution < -0.4 is 16.4 Å². The molecule has 0 bridgehead atoms. The molecule has 1 saturated carbocycles. The monoisotopic (exact) mass is 242 g/mol. The van der Waals surface area contributed by atoms with Gasteiger partial charge in [-0.05, 0) is 31.6 Å². The molecule has 0 aromatic heterocycles. The predicted molar refractivity (Wildman–Crippen MR) is 66.0 cm³/mol. The third-order valence-electron chi connectivity index (χ3n) is 3.71. The standard InChI is InChI=1S/C11H22N4O2/c1-3-8-4-6-11(7-5-8,9(12)15-17)14-10(16)13-2/h8,17H,3-7H2,1-2H3,(H2,12,15)(H2,13,14,16). The summed E-state index contributed by atoms with van der Waals surface area (Å²) in [5, 5.41) is 17.2. The predicted octanol–water partition coefficient (Wildman–Crippen LogP) is 1.00. The van der Waals surface area contributed by atoms with E-state index in [9.17, 15) is 4.79 Å². The summed E-state index contributed by atoms with van der Waals surface area (Å²) >= 11 is 0. The summed E-state index contributed by atoms with van der Waals surface area (Å²) in [4.78, 5) is 11.4. The maximum absolute atomic E-state index is 11.4. The van der Waals surface area contributed by atoms with Crippen molar-refractivity contribution in [1.82, 2.24) is 10.6 Å². The van der Waals surface area contributed by atoms with E-state index in [-0.39, 0.29) is 11.9 Å². The van der Waals surface area contributed by atoms with Gasteiger partial charge in [0.25, 0.3) is 0 Å². The van der Waals surface area contributed by atoms with Crippen molar-refractivity contribution in [3.8, 4) is 0 Å². The molecule has 0 aromatic rings. The highest BCUT2D eigenvalue weighted by molar-refractivity contribution is 5.93. The van der Waals surface area contributed by atoms with E-state index in [2.05, 4.69) is 22.7 Å². The topological polar surface area (TPSA) is 99.7 Å². The molecule has 0 unspecified atom stereocenters. The Kier molecular flexibility index (Phi) is 4.60. The quantitative estimate of drug-likeness (QED) is 0.257. The molecule has 1 aliphatic rings. The highest BCUT2D eigenvalue weighted by Crippen LogP contribution is 2.33. The SMILES string of the molecule is CCC1CCC(NC(=O)NC)(C(N)=NO)CC1. The van der Waals surface area contributed by atoms with Crippen LogP contribution in [0.3, 0.4) is 0 Å². The van der Waals surface area contributed by atoms with Crippen LogP contribution in [0, 0.1) is 5.92 Å². The molecule has 1 rings (SSSR count). The molecular weight excluding hydrogens is 220 g/mol. The van der Waals surface area contributed by atoms with Crippen LogP contribution in [0.2, 0.25) is 0 Å². The van der Waals surface area contributed by atoms with E-state index in [1.165, 1.54) is 0 Å². The summed E-state index contributed by atoms with van der Waals surface area (Å²) in [6.45, 7) is 2.16. The molecule has 0 spiro atoms. The van der Waals surface area contributed by atoms with Gasteiger partial charge in [-0.1, -0.05) is 18.5 Å². The second-order valence-corrected chi connectivity index (χ2v) is 4.62. The van der Waals surface area contributed by atoms with Gasteiger partial charge in [0.05, 0.1) is 0 Å². The highest BCUT2D eigenvalue weighted by Gasteiger charge is 2.40. The fourth-order valence-electron chi connectivity index (χ4n) is 2.40. The lowest BCUT2D eigenvalue weighted by Gasteiger charge is -2.39. The van der Waals surface area contributed by atoms with Gasteiger partial charge < -0.3 is 21.6 Å². The van der Waals surface area contributed by atoms with Crippen molar-refractivity contribution in [3.63, 3.8) is 0 Å².